The second kappa shape index (κ2) is 6.37. The quantitative estimate of drug-likeness (QED) is 0.473. The third-order valence-corrected chi connectivity index (χ3v) is 4.78. The molecule has 118 valence electrons. The summed E-state index contributed by atoms with van der Waals surface area (Å²) in [6, 6.07) is 28.0. The highest BCUT2D eigenvalue weighted by molar-refractivity contribution is 5.63. The average molecular weight is 311 g/mol. The number of hydrogen-bond acceptors (Lipinski definition) is 0. The number of hydrogen-bond donors (Lipinski definition) is 0. The largest absolute Gasteiger partial charge is 0.320 e. The van der Waals surface area contributed by atoms with E-state index in [4.69, 9.17) is 0 Å². The highest BCUT2D eigenvalue weighted by atomic mass is 14.9. The lowest BCUT2D eigenvalue weighted by atomic mass is 10.00. The molecule has 0 N–H and O–H groups in total. The predicted octanol–water partition coefficient (Wildman–Crippen LogP) is 5.43. The van der Waals surface area contributed by atoms with Crippen LogP contribution in [0.3, 0.4) is 0 Å². The molecule has 0 aliphatic heterocycles. The van der Waals surface area contributed by atoms with Crippen LogP contribution in [-0.4, -0.2) is 4.40 Å². The summed E-state index contributed by atoms with van der Waals surface area (Å²) in [6.07, 6.45) is 4.14. The molecule has 0 amide bonds. The second-order valence-electron chi connectivity index (χ2n) is 6.33. The molecule has 0 aliphatic carbocycles. The Bertz CT molecular complexity index is 871. The van der Waals surface area contributed by atoms with E-state index in [0.717, 1.165) is 12.8 Å². The summed E-state index contributed by atoms with van der Waals surface area (Å²) >= 11 is 0. The van der Waals surface area contributed by atoms with Crippen molar-refractivity contribution < 1.29 is 0 Å². The number of aromatic nitrogens is 1. The molecule has 2 heterocycles. The van der Waals surface area contributed by atoms with Crippen molar-refractivity contribution in [2.75, 3.05) is 0 Å². The van der Waals surface area contributed by atoms with Crippen LogP contribution in [0.2, 0.25) is 0 Å². The van der Waals surface area contributed by atoms with Crippen LogP contribution in [0.1, 0.15) is 27.9 Å². The van der Waals surface area contributed by atoms with E-state index in [1.54, 1.807) is 0 Å². The van der Waals surface area contributed by atoms with Crippen molar-refractivity contribution in [3.05, 3.63) is 113 Å². The van der Waals surface area contributed by atoms with Gasteiger partial charge in [0.2, 0.25) is 0 Å². The maximum atomic E-state index is 2.36. The van der Waals surface area contributed by atoms with Crippen LogP contribution in [0.25, 0.3) is 5.52 Å². The van der Waals surface area contributed by atoms with Crippen molar-refractivity contribution in [3.63, 3.8) is 0 Å². The predicted molar refractivity (Wildman–Crippen MR) is 101 cm³/mol. The third-order valence-electron chi connectivity index (χ3n) is 4.78. The molecule has 0 bridgehead atoms. The van der Waals surface area contributed by atoms with E-state index < -0.39 is 0 Å². The van der Waals surface area contributed by atoms with Crippen LogP contribution >= 0.6 is 0 Å². The number of fused-ring (bicyclic) bond motifs is 1. The van der Waals surface area contributed by atoms with E-state index in [1.165, 1.54) is 33.5 Å². The normalized spacial score (nSPS) is 11.0. The highest BCUT2D eigenvalue weighted by Gasteiger charge is 2.15. The first-order valence-corrected chi connectivity index (χ1v) is 8.48. The summed E-state index contributed by atoms with van der Waals surface area (Å²) in [7, 11) is 0. The number of rotatable bonds is 4. The van der Waals surface area contributed by atoms with Gasteiger partial charge < -0.3 is 4.40 Å². The van der Waals surface area contributed by atoms with Crippen molar-refractivity contribution >= 4 is 5.52 Å². The Morgan fingerprint density at radius 3 is 1.92 bits per heavy atom. The lowest BCUT2D eigenvalue weighted by Crippen LogP contribution is -1.95. The third kappa shape index (κ3) is 2.74. The summed E-state index contributed by atoms with van der Waals surface area (Å²) in [5, 5.41) is 0. The summed E-state index contributed by atoms with van der Waals surface area (Å²) < 4.78 is 2.36. The monoisotopic (exact) mass is 311 g/mol. The Labute approximate surface area is 143 Å². The van der Waals surface area contributed by atoms with E-state index >= 15 is 0 Å². The number of benzene rings is 2. The van der Waals surface area contributed by atoms with Crippen LogP contribution in [0, 0.1) is 6.92 Å². The molecule has 0 fully saturated rings. The zero-order chi connectivity index (χ0) is 16.4. The first-order valence-electron chi connectivity index (χ1n) is 8.48. The highest BCUT2D eigenvalue weighted by Crippen LogP contribution is 2.27. The summed E-state index contributed by atoms with van der Waals surface area (Å²) in [6.45, 7) is 2.27. The van der Waals surface area contributed by atoms with Gasteiger partial charge in [0.25, 0.3) is 0 Å². The molecule has 0 aliphatic rings. The first-order chi connectivity index (χ1) is 11.8. The van der Waals surface area contributed by atoms with Gasteiger partial charge in [-0.05, 0) is 47.7 Å². The van der Waals surface area contributed by atoms with Gasteiger partial charge in [0.15, 0.2) is 0 Å². The molecule has 0 radical (unpaired) electrons. The Morgan fingerprint density at radius 1 is 0.667 bits per heavy atom. The smallest absolute Gasteiger partial charge is 0.0491 e. The molecule has 1 nitrogen and oxygen atoms in total. The SMILES string of the molecule is Cc1c(Cc2ccccc2)c2ccccn2c1Cc1ccccc1. The van der Waals surface area contributed by atoms with Crippen LogP contribution < -0.4 is 0 Å². The van der Waals surface area contributed by atoms with Gasteiger partial charge in [-0.2, -0.15) is 0 Å². The zero-order valence-corrected chi connectivity index (χ0v) is 13.9. The van der Waals surface area contributed by atoms with Gasteiger partial charge in [0, 0.05) is 23.8 Å². The molecule has 0 saturated heterocycles. The Hall–Kier alpha value is -2.80. The lowest BCUT2D eigenvalue weighted by molar-refractivity contribution is 1.01. The standard InChI is InChI=1S/C23H21N/c1-18-21(16-19-10-4-2-5-11-19)22-14-8-9-15-24(22)23(18)17-20-12-6-3-7-13-20/h2-15H,16-17H2,1H3. The molecule has 1 heteroatoms. The molecule has 0 atom stereocenters. The van der Waals surface area contributed by atoms with Crippen molar-refractivity contribution in [1.29, 1.82) is 0 Å². The van der Waals surface area contributed by atoms with E-state index in [-0.39, 0.29) is 0 Å². The number of nitrogens with zero attached hydrogens (tertiary/aromatic N) is 1. The number of pyridine rings is 1. The van der Waals surface area contributed by atoms with E-state index in [9.17, 15) is 0 Å². The fraction of sp³-hybridized carbons (Fsp3) is 0.130. The minimum Gasteiger partial charge on any atom is -0.320 e. The molecule has 2 aromatic carbocycles. The maximum Gasteiger partial charge on any atom is 0.0491 e. The molecule has 4 aromatic rings. The minimum atomic E-state index is 0.965. The molecule has 0 spiro atoms. The fourth-order valence-corrected chi connectivity index (χ4v) is 3.50. The molecular weight excluding hydrogens is 290 g/mol. The van der Waals surface area contributed by atoms with Gasteiger partial charge >= 0.3 is 0 Å². The summed E-state index contributed by atoms with van der Waals surface area (Å²) in [5.74, 6) is 0. The summed E-state index contributed by atoms with van der Waals surface area (Å²) in [5.41, 5.74) is 8.28. The van der Waals surface area contributed by atoms with Crippen LogP contribution in [-0.2, 0) is 12.8 Å². The Balaban J connectivity index is 1.81. The van der Waals surface area contributed by atoms with Gasteiger partial charge in [-0.3, -0.25) is 0 Å². The van der Waals surface area contributed by atoms with Crippen LogP contribution in [0.15, 0.2) is 85.1 Å². The topological polar surface area (TPSA) is 4.41 Å². The Morgan fingerprint density at radius 2 is 1.25 bits per heavy atom. The van der Waals surface area contributed by atoms with E-state index in [2.05, 4.69) is 96.4 Å². The van der Waals surface area contributed by atoms with Crippen molar-refractivity contribution in [3.8, 4) is 0 Å². The molecule has 24 heavy (non-hydrogen) atoms. The molecule has 4 rings (SSSR count). The average Bonchev–Trinajstić information content (AvgIpc) is 2.90. The van der Waals surface area contributed by atoms with Crippen LogP contribution in [0.4, 0.5) is 0 Å². The Kier molecular flexibility index (Phi) is 3.92. The first kappa shape index (κ1) is 14.8. The maximum absolute atomic E-state index is 2.36. The minimum absolute atomic E-state index is 0.965. The summed E-state index contributed by atoms with van der Waals surface area (Å²) in [4.78, 5) is 0. The molecule has 2 aromatic heterocycles. The molecular formula is C23H21N. The lowest BCUT2D eigenvalue weighted by Gasteiger charge is -2.05. The van der Waals surface area contributed by atoms with Gasteiger partial charge in [-0.1, -0.05) is 66.7 Å². The van der Waals surface area contributed by atoms with Crippen molar-refractivity contribution in [2.24, 2.45) is 0 Å². The van der Waals surface area contributed by atoms with E-state index in [0.29, 0.717) is 0 Å². The zero-order valence-electron chi connectivity index (χ0n) is 13.9. The van der Waals surface area contributed by atoms with E-state index in [1.807, 2.05) is 0 Å². The van der Waals surface area contributed by atoms with Gasteiger partial charge in [0.1, 0.15) is 0 Å². The fourth-order valence-electron chi connectivity index (χ4n) is 3.50. The molecule has 0 unspecified atom stereocenters. The van der Waals surface area contributed by atoms with Gasteiger partial charge in [-0.25, -0.2) is 0 Å². The van der Waals surface area contributed by atoms with Gasteiger partial charge in [0.05, 0.1) is 0 Å². The van der Waals surface area contributed by atoms with Crippen LogP contribution in [0.5, 0.6) is 0 Å². The van der Waals surface area contributed by atoms with Gasteiger partial charge in [-0.15, -0.1) is 0 Å². The van der Waals surface area contributed by atoms with Crippen molar-refractivity contribution in [1.82, 2.24) is 4.40 Å². The second-order valence-corrected chi connectivity index (χ2v) is 6.33. The molecule has 0 saturated carbocycles. The van der Waals surface area contributed by atoms with Crippen molar-refractivity contribution in [2.45, 2.75) is 19.8 Å².